The van der Waals surface area contributed by atoms with E-state index in [0.29, 0.717) is 18.0 Å². The number of hydrogen-bond acceptors (Lipinski definition) is 4. The molecule has 4 nitrogen and oxygen atoms in total. The fourth-order valence-electron chi connectivity index (χ4n) is 1.55. The third-order valence-electron chi connectivity index (χ3n) is 2.41. The second-order valence-corrected chi connectivity index (χ2v) is 5.00. The summed E-state index contributed by atoms with van der Waals surface area (Å²) in [6.45, 7) is 2.12. The minimum Gasteiger partial charge on any atom is -0.462 e. The Kier molecular flexibility index (Phi) is 4.73. The van der Waals surface area contributed by atoms with E-state index in [2.05, 4.69) is 32.9 Å². The molecular weight excluding hydrogens is 355 g/mol. The van der Waals surface area contributed by atoms with E-state index >= 15 is 0 Å². The van der Waals surface area contributed by atoms with Crippen LogP contribution in [0.25, 0.3) is 0 Å². The van der Waals surface area contributed by atoms with Gasteiger partial charge in [0.25, 0.3) is 0 Å². The molecule has 1 aromatic heterocycles. The molecule has 0 spiro atoms. The molecule has 0 aliphatic rings. The number of pyridine rings is 1. The molecule has 98 valence electrons. The van der Waals surface area contributed by atoms with Gasteiger partial charge >= 0.3 is 5.97 Å². The van der Waals surface area contributed by atoms with Crippen LogP contribution < -0.4 is 5.32 Å². The molecule has 19 heavy (non-hydrogen) atoms. The second-order valence-electron chi connectivity index (χ2n) is 3.75. The minimum absolute atomic E-state index is 0.344. The summed E-state index contributed by atoms with van der Waals surface area (Å²) >= 11 is 2.24. The third kappa shape index (κ3) is 3.66. The highest BCUT2D eigenvalue weighted by molar-refractivity contribution is 14.1. The SMILES string of the molecule is CCOC(=O)c1cccnc1Nc1ccc(I)cc1. The van der Waals surface area contributed by atoms with Crippen LogP contribution in [0.1, 0.15) is 17.3 Å². The summed E-state index contributed by atoms with van der Waals surface area (Å²) in [4.78, 5) is 16.0. The summed E-state index contributed by atoms with van der Waals surface area (Å²) in [7, 11) is 0. The average molecular weight is 368 g/mol. The Hall–Kier alpha value is -1.63. The maximum atomic E-state index is 11.8. The summed E-state index contributed by atoms with van der Waals surface area (Å²) in [6, 6.07) is 11.2. The number of benzene rings is 1. The zero-order valence-corrected chi connectivity index (χ0v) is 12.5. The highest BCUT2D eigenvalue weighted by atomic mass is 127. The van der Waals surface area contributed by atoms with E-state index in [0.717, 1.165) is 9.26 Å². The summed E-state index contributed by atoms with van der Waals surface area (Å²) < 4.78 is 6.15. The average Bonchev–Trinajstić information content (AvgIpc) is 2.42. The van der Waals surface area contributed by atoms with Gasteiger partial charge in [-0.3, -0.25) is 0 Å². The van der Waals surface area contributed by atoms with Crippen molar-refractivity contribution in [3.8, 4) is 0 Å². The zero-order valence-electron chi connectivity index (χ0n) is 10.4. The Morgan fingerprint density at radius 3 is 2.74 bits per heavy atom. The number of nitrogens with one attached hydrogen (secondary N) is 1. The lowest BCUT2D eigenvalue weighted by molar-refractivity contribution is 0.0527. The highest BCUT2D eigenvalue weighted by Gasteiger charge is 2.13. The Morgan fingerprint density at radius 1 is 1.32 bits per heavy atom. The predicted molar refractivity (Wildman–Crippen MR) is 82.6 cm³/mol. The van der Waals surface area contributed by atoms with Crippen LogP contribution in [0.5, 0.6) is 0 Å². The quantitative estimate of drug-likeness (QED) is 0.662. The largest absolute Gasteiger partial charge is 0.462 e. The summed E-state index contributed by atoms with van der Waals surface area (Å²) in [5.41, 5.74) is 1.31. The number of nitrogens with zero attached hydrogens (tertiary/aromatic N) is 1. The van der Waals surface area contributed by atoms with Crippen LogP contribution in [0.15, 0.2) is 42.6 Å². The minimum atomic E-state index is -0.372. The highest BCUT2D eigenvalue weighted by Crippen LogP contribution is 2.20. The number of hydrogen-bond donors (Lipinski definition) is 1. The van der Waals surface area contributed by atoms with E-state index in [1.54, 1.807) is 25.3 Å². The second kappa shape index (κ2) is 6.51. The Balaban J connectivity index is 2.24. The Labute approximate surface area is 125 Å². The molecule has 5 heteroatoms. The van der Waals surface area contributed by atoms with Gasteiger partial charge in [-0.05, 0) is 65.9 Å². The normalized spacial score (nSPS) is 10.0. The number of aromatic nitrogens is 1. The van der Waals surface area contributed by atoms with Crippen molar-refractivity contribution < 1.29 is 9.53 Å². The van der Waals surface area contributed by atoms with Crippen LogP contribution in [0, 0.1) is 3.57 Å². The van der Waals surface area contributed by atoms with Gasteiger partial charge in [-0.15, -0.1) is 0 Å². The van der Waals surface area contributed by atoms with Crippen molar-refractivity contribution in [1.29, 1.82) is 0 Å². The molecule has 0 fully saturated rings. The van der Waals surface area contributed by atoms with E-state index in [4.69, 9.17) is 4.74 Å². The number of carbonyl (C=O) groups is 1. The van der Waals surface area contributed by atoms with Gasteiger partial charge in [-0.1, -0.05) is 0 Å². The third-order valence-corrected chi connectivity index (χ3v) is 3.13. The smallest absolute Gasteiger partial charge is 0.341 e. The first-order chi connectivity index (χ1) is 9.20. The Morgan fingerprint density at radius 2 is 2.05 bits per heavy atom. The lowest BCUT2D eigenvalue weighted by Crippen LogP contribution is -2.09. The molecule has 1 heterocycles. The van der Waals surface area contributed by atoms with Crippen LogP contribution in [-0.2, 0) is 4.74 Å². The number of esters is 1. The van der Waals surface area contributed by atoms with Crippen molar-refractivity contribution in [1.82, 2.24) is 4.98 Å². The van der Waals surface area contributed by atoms with Crippen LogP contribution in [0.3, 0.4) is 0 Å². The molecule has 0 radical (unpaired) electrons. The molecule has 0 aliphatic carbocycles. The molecule has 0 atom stereocenters. The van der Waals surface area contributed by atoms with Crippen molar-refractivity contribution in [3.05, 3.63) is 51.7 Å². The van der Waals surface area contributed by atoms with Crippen molar-refractivity contribution in [3.63, 3.8) is 0 Å². The van der Waals surface area contributed by atoms with Crippen LogP contribution in [0.4, 0.5) is 11.5 Å². The van der Waals surface area contributed by atoms with E-state index in [1.165, 1.54) is 0 Å². The van der Waals surface area contributed by atoms with E-state index in [1.807, 2.05) is 24.3 Å². The number of halogens is 1. The van der Waals surface area contributed by atoms with Crippen LogP contribution >= 0.6 is 22.6 Å². The molecule has 0 unspecified atom stereocenters. The van der Waals surface area contributed by atoms with Gasteiger partial charge in [0.2, 0.25) is 0 Å². The van der Waals surface area contributed by atoms with Crippen molar-refractivity contribution in [2.75, 3.05) is 11.9 Å². The van der Waals surface area contributed by atoms with Gasteiger partial charge in [0.1, 0.15) is 11.4 Å². The monoisotopic (exact) mass is 368 g/mol. The first kappa shape index (κ1) is 13.8. The number of ether oxygens (including phenoxy) is 1. The zero-order chi connectivity index (χ0) is 13.7. The van der Waals surface area contributed by atoms with E-state index in [9.17, 15) is 4.79 Å². The maximum absolute atomic E-state index is 11.8. The summed E-state index contributed by atoms with van der Waals surface area (Å²) in [6.07, 6.45) is 1.64. The predicted octanol–water partition coefficient (Wildman–Crippen LogP) is 3.61. The van der Waals surface area contributed by atoms with Gasteiger partial charge < -0.3 is 10.1 Å². The van der Waals surface area contributed by atoms with Crippen LogP contribution in [0.2, 0.25) is 0 Å². The Bertz CT molecular complexity index is 570. The number of rotatable bonds is 4. The molecule has 2 aromatic rings. The van der Waals surface area contributed by atoms with Crippen molar-refractivity contribution >= 4 is 40.1 Å². The maximum Gasteiger partial charge on any atom is 0.341 e. The molecule has 1 N–H and O–H groups in total. The van der Waals surface area contributed by atoms with Gasteiger partial charge in [-0.2, -0.15) is 0 Å². The molecule has 0 saturated heterocycles. The van der Waals surface area contributed by atoms with Crippen LogP contribution in [-0.4, -0.2) is 17.6 Å². The molecule has 2 rings (SSSR count). The molecule has 0 amide bonds. The fraction of sp³-hybridized carbons (Fsp3) is 0.143. The number of anilines is 2. The van der Waals surface area contributed by atoms with Crippen molar-refractivity contribution in [2.45, 2.75) is 6.92 Å². The molecule has 0 saturated carbocycles. The van der Waals surface area contributed by atoms with Crippen molar-refractivity contribution in [2.24, 2.45) is 0 Å². The standard InChI is InChI=1S/C14H13IN2O2/c1-2-19-14(18)12-4-3-9-16-13(12)17-11-7-5-10(15)6-8-11/h3-9H,2H2,1H3,(H,16,17). The van der Waals surface area contributed by atoms with E-state index < -0.39 is 0 Å². The lowest BCUT2D eigenvalue weighted by atomic mass is 10.2. The first-order valence-corrected chi connectivity index (χ1v) is 6.93. The van der Waals surface area contributed by atoms with Gasteiger partial charge in [0.05, 0.1) is 6.61 Å². The molecule has 0 bridgehead atoms. The van der Waals surface area contributed by atoms with Gasteiger partial charge in [0.15, 0.2) is 0 Å². The first-order valence-electron chi connectivity index (χ1n) is 5.85. The molecule has 1 aromatic carbocycles. The van der Waals surface area contributed by atoms with Gasteiger partial charge in [-0.25, -0.2) is 9.78 Å². The molecule has 0 aliphatic heterocycles. The lowest BCUT2D eigenvalue weighted by Gasteiger charge is -2.10. The fourth-order valence-corrected chi connectivity index (χ4v) is 1.91. The summed E-state index contributed by atoms with van der Waals surface area (Å²) in [5.74, 6) is 0.130. The van der Waals surface area contributed by atoms with Gasteiger partial charge in [0, 0.05) is 15.5 Å². The molecular formula is C14H13IN2O2. The number of carbonyl (C=O) groups excluding carboxylic acids is 1. The van der Waals surface area contributed by atoms with E-state index in [-0.39, 0.29) is 5.97 Å². The summed E-state index contributed by atoms with van der Waals surface area (Å²) in [5, 5.41) is 3.12. The topological polar surface area (TPSA) is 51.2 Å².